The molecule has 3 nitrogen and oxygen atoms in total. The van der Waals surface area contributed by atoms with E-state index < -0.39 is 0 Å². The Morgan fingerprint density at radius 3 is 2.39 bits per heavy atom. The molecule has 1 aromatic heterocycles. The zero-order valence-corrected chi connectivity index (χ0v) is 12.5. The van der Waals surface area contributed by atoms with Gasteiger partial charge in [-0.25, -0.2) is 4.68 Å². The lowest BCUT2D eigenvalue weighted by Gasteiger charge is -2.05. The molecular weight excluding hydrogens is 292 g/mol. The molecule has 18 heavy (non-hydrogen) atoms. The Morgan fingerprint density at radius 2 is 1.89 bits per heavy atom. The van der Waals surface area contributed by atoms with Crippen LogP contribution in [0.2, 0.25) is 0 Å². The fraction of sp³-hybridized carbons (Fsp3) is 0.286. The van der Waals surface area contributed by atoms with Crippen molar-refractivity contribution in [3.05, 3.63) is 50.8 Å². The summed E-state index contributed by atoms with van der Waals surface area (Å²) in [4.78, 5) is 12.4. The van der Waals surface area contributed by atoms with Gasteiger partial charge >= 0.3 is 0 Å². The minimum atomic E-state index is -0.0931. The van der Waals surface area contributed by atoms with Crippen molar-refractivity contribution < 1.29 is 4.79 Å². The van der Waals surface area contributed by atoms with Gasteiger partial charge in [0.1, 0.15) is 0 Å². The zero-order chi connectivity index (χ0) is 13.4. The average molecular weight is 307 g/mol. The second-order valence-corrected chi connectivity index (χ2v) is 5.33. The van der Waals surface area contributed by atoms with E-state index in [0.717, 1.165) is 27.0 Å². The van der Waals surface area contributed by atoms with E-state index in [1.54, 1.807) is 0 Å². The van der Waals surface area contributed by atoms with Crippen LogP contribution in [0, 0.1) is 27.7 Å². The summed E-state index contributed by atoms with van der Waals surface area (Å²) >= 11 is 3.44. The highest BCUT2D eigenvalue weighted by Crippen LogP contribution is 2.19. The minimum Gasteiger partial charge on any atom is -0.267 e. The smallest absolute Gasteiger partial charge is 0.267 e. The number of rotatable bonds is 1. The monoisotopic (exact) mass is 306 g/mol. The third-order valence-corrected chi connectivity index (χ3v) is 4.12. The predicted molar refractivity (Wildman–Crippen MR) is 75.0 cm³/mol. The summed E-state index contributed by atoms with van der Waals surface area (Å²) in [6, 6.07) is 5.59. The van der Waals surface area contributed by atoms with Crippen LogP contribution in [0.4, 0.5) is 0 Å². The Morgan fingerprint density at radius 1 is 1.22 bits per heavy atom. The maximum atomic E-state index is 12.4. The van der Waals surface area contributed by atoms with Gasteiger partial charge in [-0.1, -0.05) is 22.0 Å². The topological polar surface area (TPSA) is 34.9 Å². The summed E-state index contributed by atoms with van der Waals surface area (Å²) in [5.74, 6) is -0.0931. The molecule has 0 radical (unpaired) electrons. The highest BCUT2D eigenvalue weighted by Gasteiger charge is 2.16. The van der Waals surface area contributed by atoms with Gasteiger partial charge in [0.15, 0.2) is 0 Å². The van der Waals surface area contributed by atoms with E-state index >= 15 is 0 Å². The highest BCUT2D eigenvalue weighted by atomic mass is 79.9. The van der Waals surface area contributed by atoms with Gasteiger partial charge in [0.25, 0.3) is 5.91 Å². The van der Waals surface area contributed by atoms with Crippen molar-refractivity contribution in [1.29, 1.82) is 0 Å². The van der Waals surface area contributed by atoms with Crippen LogP contribution >= 0.6 is 15.9 Å². The van der Waals surface area contributed by atoms with Gasteiger partial charge in [-0.15, -0.1) is 0 Å². The lowest BCUT2D eigenvalue weighted by molar-refractivity contribution is 0.0942. The maximum absolute atomic E-state index is 12.4. The second kappa shape index (κ2) is 4.69. The minimum absolute atomic E-state index is 0.0931. The van der Waals surface area contributed by atoms with Gasteiger partial charge in [-0.05, 0) is 51.0 Å². The number of aryl methyl sites for hydroxylation is 2. The zero-order valence-electron chi connectivity index (χ0n) is 10.9. The summed E-state index contributed by atoms with van der Waals surface area (Å²) in [7, 11) is 0. The molecular formula is C14H15BrN2O. The van der Waals surface area contributed by atoms with E-state index in [1.807, 2.05) is 45.9 Å². The van der Waals surface area contributed by atoms with Crippen molar-refractivity contribution in [3.8, 4) is 0 Å². The summed E-state index contributed by atoms with van der Waals surface area (Å²) in [6.45, 7) is 7.80. The average Bonchev–Trinajstić information content (AvgIpc) is 2.60. The van der Waals surface area contributed by atoms with Gasteiger partial charge in [0.2, 0.25) is 0 Å². The molecule has 0 saturated heterocycles. The SMILES string of the molecule is Cc1ccc(C(=O)n2nc(C)c(C)c2C)cc1Br. The molecule has 0 bridgehead atoms. The van der Waals surface area contributed by atoms with Crippen LogP contribution in [-0.2, 0) is 0 Å². The molecule has 4 heteroatoms. The van der Waals surface area contributed by atoms with E-state index in [4.69, 9.17) is 0 Å². The molecule has 2 aromatic rings. The van der Waals surface area contributed by atoms with Gasteiger partial charge in [0.05, 0.1) is 5.69 Å². The molecule has 2 rings (SSSR count). The van der Waals surface area contributed by atoms with Crippen LogP contribution in [0.25, 0.3) is 0 Å². The predicted octanol–water partition coefficient (Wildman–Crippen LogP) is 3.57. The van der Waals surface area contributed by atoms with Crippen LogP contribution in [0.3, 0.4) is 0 Å². The van der Waals surface area contributed by atoms with E-state index in [2.05, 4.69) is 21.0 Å². The van der Waals surface area contributed by atoms with Crippen molar-refractivity contribution in [2.75, 3.05) is 0 Å². The number of nitrogens with zero attached hydrogens (tertiary/aromatic N) is 2. The number of aromatic nitrogens is 2. The summed E-state index contributed by atoms with van der Waals surface area (Å²) < 4.78 is 2.41. The summed E-state index contributed by atoms with van der Waals surface area (Å²) in [5, 5.41) is 4.29. The van der Waals surface area contributed by atoms with E-state index in [0.29, 0.717) is 5.56 Å². The molecule has 0 spiro atoms. The third kappa shape index (κ3) is 2.12. The van der Waals surface area contributed by atoms with Gasteiger partial charge in [-0.3, -0.25) is 4.79 Å². The quantitative estimate of drug-likeness (QED) is 0.807. The highest BCUT2D eigenvalue weighted by molar-refractivity contribution is 9.10. The summed E-state index contributed by atoms with van der Waals surface area (Å²) in [5.41, 5.74) is 4.60. The molecule has 0 amide bonds. The van der Waals surface area contributed by atoms with Gasteiger partial charge < -0.3 is 0 Å². The van der Waals surface area contributed by atoms with Crippen molar-refractivity contribution in [2.24, 2.45) is 0 Å². The van der Waals surface area contributed by atoms with Crippen molar-refractivity contribution >= 4 is 21.8 Å². The lowest BCUT2D eigenvalue weighted by Crippen LogP contribution is -2.15. The van der Waals surface area contributed by atoms with Crippen LogP contribution < -0.4 is 0 Å². The fourth-order valence-corrected chi connectivity index (χ4v) is 2.15. The first kappa shape index (κ1) is 13.0. The molecule has 1 heterocycles. The van der Waals surface area contributed by atoms with Crippen molar-refractivity contribution in [1.82, 2.24) is 9.78 Å². The van der Waals surface area contributed by atoms with Crippen molar-refractivity contribution in [2.45, 2.75) is 27.7 Å². The Balaban J connectivity index is 2.48. The first-order valence-electron chi connectivity index (χ1n) is 5.75. The Bertz CT molecular complexity index is 629. The molecule has 0 aliphatic heterocycles. The number of benzene rings is 1. The van der Waals surface area contributed by atoms with Crippen LogP contribution in [0.15, 0.2) is 22.7 Å². The number of hydrogen-bond acceptors (Lipinski definition) is 2. The molecule has 0 fully saturated rings. The van der Waals surface area contributed by atoms with Gasteiger partial charge in [-0.2, -0.15) is 5.10 Å². The van der Waals surface area contributed by atoms with Crippen LogP contribution in [-0.4, -0.2) is 15.7 Å². The molecule has 0 saturated carbocycles. The normalized spacial score (nSPS) is 10.7. The van der Waals surface area contributed by atoms with E-state index in [-0.39, 0.29) is 5.91 Å². The number of hydrogen-bond donors (Lipinski definition) is 0. The maximum Gasteiger partial charge on any atom is 0.278 e. The number of carbonyl (C=O) groups excluding carboxylic acids is 1. The summed E-state index contributed by atoms with van der Waals surface area (Å²) in [6.07, 6.45) is 0. The standard InChI is InChI=1S/C14H15BrN2O/c1-8-5-6-12(7-13(8)15)14(18)17-11(4)9(2)10(3)16-17/h5-7H,1-4H3. The molecule has 0 aliphatic rings. The lowest BCUT2D eigenvalue weighted by atomic mass is 10.1. The first-order valence-corrected chi connectivity index (χ1v) is 6.54. The van der Waals surface area contributed by atoms with Crippen molar-refractivity contribution in [3.63, 3.8) is 0 Å². The Hall–Kier alpha value is -1.42. The number of carbonyl (C=O) groups is 1. The Kier molecular flexibility index (Phi) is 3.39. The number of halogens is 1. The molecule has 0 unspecified atom stereocenters. The van der Waals surface area contributed by atoms with Gasteiger partial charge in [0, 0.05) is 15.7 Å². The largest absolute Gasteiger partial charge is 0.278 e. The van der Waals surface area contributed by atoms with E-state index in [9.17, 15) is 4.79 Å². The van der Waals surface area contributed by atoms with E-state index in [1.165, 1.54) is 4.68 Å². The second-order valence-electron chi connectivity index (χ2n) is 4.48. The third-order valence-electron chi connectivity index (χ3n) is 3.26. The molecule has 94 valence electrons. The van der Waals surface area contributed by atoms with Crippen LogP contribution in [0.1, 0.15) is 32.9 Å². The Labute approximate surface area is 115 Å². The molecule has 1 aromatic carbocycles. The molecule has 0 aliphatic carbocycles. The first-order chi connectivity index (χ1) is 8.41. The van der Waals surface area contributed by atoms with Crippen LogP contribution in [0.5, 0.6) is 0 Å². The molecule has 0 N–H and O–H groups in total. The molecule has 0 atom stereocenters. The fourth-order valence-electron chi connectivity index (χ4n) is 1.77.